The summed E-state index contributed by atoms with van der Waals surface area (Å²) < 4.78 is 0. The Bertz CT molecular complexity index is 362. The standard InChI is InChI=1S/C14H19Cl2N/c1-10-6-11(2)8-17(7-10)9-12-13(15)4-3-5-14(12)16/h3-5,10-11H,6-9H2,1-2H3. The van der Waals surface area contributed by atoms with E-state index in [2.05, 4.69) is 18.7 Å². The lowest BCUT2D eigenvalue weighted by Gasteiger charge is -2.35. The third-order valence-corrected chi connectivity index (χ3v) is 4.10. The van der Waals surface area contributed by atoms with Crippen molar-refractivity contribution in [2.24, 2.45) is 11.8 Å². The lowest BCUT2D eigenvalue weighted by Crippen LogP contribution is -2.38. The van der Waals surface area contributed by atoms with Crippen molar-refractivity contribution >= 4 is 23.2 Å². The fourth-order valence-corrected chi connectivity index (χ4v) is 3.35. The lowest BCUT2D eigenvalue weighted by molar-refractivity contribution is 0.134. The highest BCUT2D eigenvalue weighted by atomic mass is 35.5. The van der Waals surface area contributed by atoms with Gasteiger partial charge in [0.1, 0.15) is 0 Å². The Morgan fingerprint density at radius 1 is 1.12 bits per heavy atom. The van der Waals surface area contributed by atoms with Crippen molar-refractivity contribution in [3.8, 4) is 0 Å². The van der Waals surface area contributed by atoms with E-state index in [0.717, 1.165) is 47.1 Å². The zero-order valence-electron chi connectivity index (χ0n) is 10.4. The Labute approximate surface area is 114 Å². The largest absolute Gasteiger partial charge is 0.298 e. The maximum Gasteiger partial charge on any atom is 0.0465 e. The Balaban J connectivity index is 2.10. The van der Waals surface area contributed by atoms with E-state index in [4.69, 9.17) is 23.2 Å². The Morgan fingerprint density at radius 3 is 2.18 bits per heavy atom. The van der Waals surface area contributed by atoms with E-state index in [-0.39, 0.29) is 0 Å². The molecule has 0 aromatic heterocycles. The molecule has 1 aromatic rings. The number of halogens is 2. The van der Waals surface area contributed by atoms with Gasteiger partial charge in [-0.3, -0.25) is 4.90 Å². The van der Waals surface area contributed by atoms with E-state index in [9.17, 15) is 0 Å². The van der Waals surface area contributed by atoms with E-state index in [1.807, 2.05) is 18.2 Å². The summed E-state index contributed by atoms with van der Waals surface area (Å²) >= 11 is 12.4. The Hall–Kier alpha value is -0.240. The molecular formula is C14H19Cl2N. The van der Waals surface area contributed by atoms with Crippen molar-refractivity contribution in [2.45, 2.75) is 26.8 Å². The van der Waals surface area contributed by atoms with Crippen LogP contribution in [0.4, 0.5) is 0 Å². The second-order valence-electron chi connectivity index (χ2n) is 5.34. The van der Waals surface area contributed by atoms with Gasteiger partial charge in [-0.25, -0.2) is 0 Å². The monoisotopic (exact) mass is 271 g/mol. The van der Waals surface area contributed by atoms with Gasteiger partial charge in [-0.15, -0.1) is 0 Å². The van der Waals surface area contributed by atoms with Crippen LogP contribution in [0.2, 0.25) is 10.0 Å². The number of benzene rings is 1. The zero-order chi connectivity index (χ0) is 12.4. The Morgan fingerprint density at radius 2 is 1.65 bits per heavy atom. The second-order valence-corrected chi connectivity index (χ2v) is 6.15. The summed E-state index contributed by atoms with van der Waals surface area (Å²) in [4.78, 5) is 2.46. The number of likely N-dealkylation sites (tertiary alicyclic amines) is 1. The van der Waals surface area contributed by atoms with Crippen molar-refractivity contribution in [3.05, 3.63) is 33.8 Å². The quantitative estimate of drug-likeness (QED) is 0.767. The van der Waals surface area contributed by atoms with Crippen LogP contribution in [0.1, 0.15) is 25.8 Å². The molecule has 0 bridgehead atoms. The molecule has 0 spiro atoms. The van der Waals surface area contributed by atoms with Crippen LogP contribution in [0.25, 0.3) is 0 Å². The predicted octanol–water partition coefficient (Wildman–Crippen LogP) is 4.47. The fourth-order valence-electron chi connectivity index (χ4n) is 2.83. The summed E-state index contributed by atoms with van der Waals surface area (Å²) in [7, 11) is 0. The minimum Gasteiger partial charge on any atom is -0.298 e. The summed E-state index contributed by atoms with van der Waals surface area (Å²) in [5.74, 6) is 1.53. The van der Waals surface area contributed by atoms with E-state index >= 15 is 0 Å². The first-order valence-corrected chi connectivity index (χ1v) is 6.97. The van der Waals surface area contributed by atoms with Gasteiger partial charge in [0.15, 0.2) is 0 Å². The molecule has 0 N–H and O–H groups in total. The fraction of sp³-hybridized carbons (Fsp3) is 0.571. The molecule has 0 radical (unpaired) electrons. The lowest BCUT2D eigenvalue weighted by atomic mass is 9.91. The van der Waals surface area contributed by atoms with Crippen LogP contribution in [0.5, 0.6) is 0 Å². The van der Waals surface area contributed by atoms with Gasteiger partial charge < -0.3 is 0 Å². The van der Waals surface area contributed by atoms with Crippen molar-refractivity contribution < 1.29 is 0 Å². The molecule has 1 heterocycles. The summed E-state index contributed by atoms with van der Waals surface area (Å²) in [6, 6.07) is 5.73. The summed E-state index contributed by atoms with van der Waals surface area (Å²) in [6.45, 7) is 7.79. The molecule has 3 heteroatoms. The zero-order valence-corrected chi connectivity index (χ0v) is 11.9. The molecule has 1 nitrogen and oxygen atoms in total. The van der Waals surface area contributed by atoms with Gasteiger partial charge in [0.05, 0.1) is 0 Å². The maximum absolute atomic E-state index is 6.21. The molecule has 94 valence electrons. The highest BCUT2D eigenvalue weighted by Crippen LogP contribution is 2.28. The molecule has 2 rings (SSSR count). The van der Waals surface area contributed by atoms with E-state index in [1.54, 1.807) is 0 Å². The number of piperidine rings is 1. The van der Waals surface area contributed by atoms with Crippen LogP contribution < -0.4 is 0 Å². The van der Waals surface area contributed by atoms with Crippen LogP contribution in [0.15, 0.2) is 18.2 Å². The molecular weight excluding hydrogens is 253 g/mol. The molecule has 0 aliphatic carbocycles. The average Bonchev–Trinajstić information content (AvgIpc) is 2.22. The molecule has 1 fully saturated rings. The number of rotatable bonds is 2. The molecule has 1 aliphatic heterocycles. The van der Waals surface area contributed by atoms with Crippen molar-refractivity contribution in [1.82, 2.24) is 4.90 Å². The molecule has 1 saturated heterocycles. The van der Waals surface area contributed by atoms with Gasteiger partial charge in [0.25, 0.3) is 0 Å². The van der Waals surface area contributed by atoms with Crippen molar-refractivity contribution in [2.75, 3.05) is 13.1 Å². The predicted molar refractivity (Wildman–Crippen MR) is 74.7 cm³/mol. The third kappa shape index (κ3) is 3.37. The van der Waals surface area contributed by atoms with E-state index in [0.29, 0.717) is 0 Å². The Kier molecular flexibility index (Phi) is 4.35. The van der Waals surface area contributed by atoms with Crippen molar-refractivity contribution in [3.63, 3.8) is 0 Å². The average molecular weight is 272 g/mol. The minimum atomic E-state index is 0.764. The number of nitrogens with zero attached hydrogens (tertiary/aromatic N) is 1. The van der Waals surface area contributed by atoms with Crippen LogP contribution >= 0.6 is 23.2 Å². The van der Waals surface area contributed by atoms with Crippen LogP contribution in [0.3, 0.4) is 0 Å². The highest BCUT2D eigenvalue weighted by molar-refractivity contribution is 6.35. The molecule has 0 amide bonds. The van der Waals surface area contributed by atoms with Gasteiger partial charge in [0, 0.05) is 35.2 Å². The van der Waals surface area contributed by atoms with Crippen LogP contribution in [-0.2, 0) is 6.54 Å². The SMILES string of the molecule is CC1CC(C)CN(Cc2c(Cl)cccc2Cl)C1. The van der Waals surface area contributed by atoms with E-state index < -0.39 is 0 Å². The van der Waals surface area contributed by atoms with E-state index in [1.165, 1.54) is 6.42 Å². The number of hydrogen-bond acceptors (Lipinski definition) is 1. The summed E-state index contributed by atoms with van der Waals surface area (Å²) in [6.07, 6.45) is 1.33. The highest BCUT2D eigenvalue weighted by Gasteiger charge is 2.22. The maximum atomic E-state index is 6.21. The first-order valence-electron chi connectivity index (χ1n) is 6.21. The van der Waals surface area contributed by atoms with Crippen LogP contribution in [-0.4, -0.2) is 18.0 Å². The van der Waals surface area contributed by atoms with Crippen LogP contribution in [0, 0.1) is 11.8 Å². The summed E-state index contributed by atoms with van der Waals surface area (Å²) in [5, 5.41) is 1.56. The minimum absolute atomic E-state index is 0.764. The van der Waals surface area contributed by atoms with Crippen molar-refractivity contribution in [1.29, 1.82) is 0 Å². The van der Waals surface area contributed by atoms with Gasteiger partial charge >= 0.3 is 0 Å². The summed E-state index contributed by atoms with van der Waals surface area (Å²) in [5.41, 5.74) is 1.07. The topological polar surface area (TPSA) is 3.24 Å². The second kappa shape index (κ2) is 5.60. The smallest absolute Gasteiger partial charge is 0.0465 e. The molecule has 0 saturated carbocycles. The first kappa shape index (κ1) is 13.2. The first-order chi connectivity index (χ1) is 8.06. The molecule has 1 aliphatic rings. The van der Waals surface area contributed by atoms with Gasteiger partial charge in [-0.05, 0) is 30.4 Å². The number of hydrogen-bond donors (Lipinski definition) is 0. The van der Waals surface area contributed by atoms with Gasteiger partial charge in [-0.2, -0.15) is 0 Å². The third-order valence-electron chi connectivity index (χ3n) is 3.39. The molecule has 1 aromatic carbocycles. The normalized spacial score (nSPS) is 26.1. The molecule has 2 unspecified atom stereocenters. The van der Waals surface area contributed by atoms with Gasteiger partial charge in [-0.1, -0.05) is 43.1 Å². The molecule has 17 heavy (non-hydrogen) atoms. The van der Waals surface area contributed by atoms with Gasteiger partial charge in [0.2, 0.25) is 0 Å². The molecule has 2 atom stereocenters.